The Morgan fingerprint density at radius 2 is 2.21 bits per heavy atom. The van der Waals surface area contributed by atoms with Crippen molar-refractivity contribution in [1.29, 1.82) is 0 Å². The monoisotopic (exact) mass is 296 g/mol. The van der Waals surface area contributed by atoms with Gasteiger partial charge in [0.25, 0.3) is 5.91 Å². The SMILES string of the molecule is COC(=O)c1sccc1NC(=O)c1cc(Cl)ccn1. The van der Waals surface area contributed by atoms with Crippen molar-refractivity contribution in [2.24, 2.45) is 0 Å². The minimum atomic E-state index is -0.496. The molecule has 2 heterocycles. The fourth-order valence-corrected chi connectivity index (χ4v) is 2.30. The lowest BCUT2D eigenvalue weighted by atomic mass is 10.3. The minimum absolute atomic E-state index is 0.175. The van der Waals surface area contributed by atoms with Gasteiger partial charge in [-0.1, -0.05) is 11.6 Å². The Hall–Kier alpha value is -1.92. The summed E-state index contributed by atoms with van der Waals surface area (Å²) in [5.74, 6) is -0.935. The molecule has 0 aliphatic rings. The third-order valence-electron chi connectivity index (χ3n) is 2.24. The number of ether oxygens (including phenoxy) is 1. The molecule has 0 aliphatic heterocycles. The van der Waals surface area contributed by atoms with Crippen molar-refractivity contribution in [3.63, 3.8) is 0 Å². The molecule has 2 rings (SSSR count). The molecule has 0 saturated heterocycles. The summed E-state index contributed by atoms with van der Waals surface area (Å²) in [5, 5.41) is 4.70. The molecule has 0 atom stereocenters. The number of esters is 1. The molecule has 2 aromatic rings. The molecule has 1 amide bonds. The van der Waals surface area contributed by atoms with Crippen LogP contribution in [-0.2, 0) is 4.74 Å². The van der Waals surface area contributed by atoms with Crippen molar-refractivity contribution in [1.82, 2.24) is 4.98 Å². The Morgan fingerprint density at radius 1 is 1.42 bits per heavy atom. The highest BCUT2D eigenvalue weighted by molar-refractivity contribution is 7.12. The number of anilines is 1. The predicted molar refractivity (Wildman–Crippen MR) is 72.9 cm³/mol. The van der Waals surface area contributed by atoms with E-state index in [0.717, 1.165) is 0 Å². The smallest absolute Gasteiger partial charge is 0.350 e. The number of rotatable bonds is 3. The predicted octanol–water partition coefficient (Wildman–Crippen LogP) is 2.84. The van der Waals surface area contributed by atoms with Gasteiger partial charge < -0.3 is 10.1 Å². The summed E-state index contributed by atoms with van der Waals surface area (Å²) in [6, 6.07) is 4.64. The average Bonchev–Trinajstić information content (AvgIpc) is 2.86. The maximum Gasteiger partial charge on any atom is 0.350 e. The highest BCUT2D eigenvalue weighted by atomic mass is 35.5. The molecule has 0 bridgehead atoms. The van der Waals surface area contributed by atoms with E-state index in [4.69, 9.17) is 11.6 Å². The van der Waals surface area contributed by atoms with E-state index in [0.29, 0.717) is 15.6 Å². The van der Waals surface area contributed by atoms with Crippen molar-refractivity contribution in [2.45, 2.75) is 0 Å². The molecule has 0 saturated carbocycles. The van der Waals surface area contributed by atoms with Crippen molar-refractivity contribution in [3.05, 3.63) is 45.4 Å². The fourth-order valence-electron chi connectivity index (χ4n) is 1.37. The van der Waals surface area contributed by atoms with Crippen LogP contribution in [0.15, 0.2) is 29.8 Å². The van der Waals surface area contributed by atoms with Gasteiger partial charge >= 0.3 is 5.97 Å². The van der Waals surface area contributed by atoms with Gasteiger partial charge in [0.2, 0.25) is 0 Å². The highest BCUT2D eigenvalue weighted by Gasteiger charge is 2.16. The topological polar surface area (TPSA) is 68.3 Å². The molecular weight excluding hydrogens is 288 g/mol. The molecule has 0 radical (unpaired) electrons. The number of aromatic nitrogens is 1. The summed E-state index contributed by atoms with van der Waals surface area (Å²) in [5.41, 5.74) is 0.568. The Morgan fingerprint density at radius 3 is 2.89 bits per heavy atom. The number of thiophene rings is 1. The number of hydrogen-bond acceptors (Lipinski definition) is 5. The van der Waals surface area contributed by atoms with Crippen LogP contribution >= 0.6 is 22.9 Å². The molecule has 98 valence electrons. The van der Waals surface area contributed by atoms with Crippen molar-refractivity contribution in [2.75, 3.05) is 12.4 Å². The zero-order chi connectivity index (χ0) is 13.8. The summed E-state index contributed by atoms with van der Waals surface area (Å²) in [4.78, 5) is 27.7. The van der Waals surface area contributed by atoms with Crippen LogP contribution in [0.5, 0.6) is 0 Å². The number of nitrogens with one attached hydrogen (secondary N) is 1. The summed E-state index contributed by atoms with van der Waals surface area (Å²) in [6.07, 6.45) is 1.44. The van der Waals surface area contributed by atoms with Crippen LogP contribution in [0.2, 0.25) is 5.02 Å². The van der Waals surface area contributed by atoms with Gasteiger partial charge in [0.15, 0.2) is 0 Å². The average molecular weight is 297 g/mol. The van der Waals surface area contributed by atoms with Crippen molar-refractivity contribution < 1.29 is 14.3 Å². The third-order valence-corrected chi connectivity index (χ3v) is 3.37. The van der Waals surface area contributed by atoms with E-state index >= 15 is 0 Å². The lowest BCUT2D eigenvalue weighted by molar-refractivity contribution is 0.0607. The quantitative estimate of drug-likeness (QED) is 0.884. The molecule has 0 aliphatic carbocycles. The number of carbonyl (C=O) groups is 2. The van der Waals surface area contributed by atoms with Crippen LogP contribution in [0.1, 0.15) is 20.2 Å². The summed E-state index contributed by atoms with van der Waals surface area (Å²) >= 11 is 6.97. The standard InChI is InChI=1S/C12H9ClN2O3S/c1-18-12(17)10-8(3-5-19-10)15-11(16)9-6-7(13)2-4-14-9/h2-6H,1H3,(H,15,16). The van der Waals surface area contributed by atoms with Crippen molar-refractivity contribution >= 4 is 40.5 Å². The Balaban J connectivity index is 2.20. The summed E-state index contributed by atoms with van der Waals surface area (Å²) in [6.45, 7) is 0. The first-order valence-corrected chi connectivity index (χ1v) is 6.46. The third kappa shape index (κ3) is 3.10. The van der Waals surface area contributed by atoms with Gasteiger partial charge in [0.1, 0.15) is 10.6 Å². The number of amides is 1. The number of hydrogen-bond donors (Lipinski definition) is 1. The first kappa shape index (κ1) is 13.5. The highest BCUT2D eigenvalue weighted by Crippen LogP contribution is 2.23. The Labute approximate surface area is 118 Å². The van der Waals surface area contributed by atoms with Crippen LogP contribution in [-0.4, -0.2) is 24.0 Å². The number of pyridine rings is 1. The van der Waals surface area contributed by atoms with Gasteiger partial charge in [-0.3, -0.25) is 9.78 Å². The van der Waals surface area contributed by atoms with E-state index in [9.17, 15) is 9.59 Å². The zero-order valence-corrected chi connectivity index (χ0v) is 11.4. The first-order valence-electron chi connectivity index (χ1n) is 5.20. The van der Waals surface area contributed by atoms with E-state index in [1.807, 2.05) is 0 Å². The normalized spacial score (nSPS) is 10.0. The minimum Gasteiger partial charge on any atom is -0.465 e. The van der Waals surface area contributed by atoms with Gasteiger partial charge in [0, 0.05) is 11.2 Å². The Bertz CT molecular complexity index is 627. The summed E-state index contributed by atoms with van der Waals surface area (Å²) < 4.78 is 4.63. The zero-order valence-electron chi connectivity index (χ0n) is 9.84. The van der Waals surface area contributed by atoms with Crippen molar-refractivity contribution in [3.8, 4) is 0 Å². The van der Waals surface area contributed by atoms with Gasteiger partial charge in [-0.05, 0) is 23.6 Å². The van der Waals surface area contributed by atoms with E-state index in [1.165, 1.54) is 30.7 Å². The molecule has 19 heavy (non-hydrogen) atoms. The number of carbonyl (C=O) groups excluding carboxylic acids is 2. The second-order valence-electron chi connectivity index (χ2n) is 3.47. The van der Waals surface area contributed by atoms with Crippen LogP contribution in [0, 0.1) is 0 Å². The summed E-state index contributed by atoms with van der Waals surface area (Å²) in [7, 11) is 1.28. The van der Waals surface area contributed by atoms with E-state index in [2.05, 4.69) is 15.0 Å². The van der Waals surface area contributed by atoms with Gasteiger partial charge in [-0.15, -0.1) is 11.3 Å². The molecule has 1 N–H and O–H groups in total. The molecule has 0 fully saturated rings. The number of nitrogens with zero attached hydrogens (tertiary/aromatic N) is 1. The number of methoxy groups -OCH3 is 1. The van der Waals surface area contributed by atoms with Gasteiger partial charge in [-0.2, -0.15) is 0 Å². The molecule has 0 unspecified atom stereocenters. The van der Waals surface area contributed by atoms with Gasteiger partial charge in [0.05, 0.1) is 12.8 Å². The molecule has 2 aromatic heterocycles. The van der Waals surface area contributed by atoms with Crippen LogP contribution < -0.4 is 5.32 Å². The second-order valence-corrected chi connectivity index (χ2v) is 4.82. The molecule has 5 nitrogen and oxygen atoms in total. The van der Waals surface area contributed by atoms with Crippen LogP contribution in [0.3, 0.4) is 0 Å². The lowest BCUT2D eigenvalue weighted by Crippen LogP contribution is -2.15. The van der Waals surface area contributed by atoms with E-state index in [1.54, 1.807) is 17.5 Å². The van der Waals surface area contributed by atoms with E-state index in [-0.39, 0.29) is 5.69 Å². The maximum absolute atomic E-state index is 11.9. The maximum atomic E-state index is 11.9. The first-order chi connectivity index (χ1) is 9.11. The van der Waals surface area contributed by atoms with Crippen LogP contribution in [0.25, 0.3) is 0 Å². The van der Waals surface area contributed by atoms with E-state index < -0.39 is 11.9 Å². The number of halogens is 1. The second kappa shape index (κ2) is 5.81. The molecule has 7 heteroatoms. The molecular formula is C12H9ClN2O3S. The molecule has 0 spiro atoms. The van der Waals surface area contributed by atoms with Gasteiger partial charge in [-0.25, -0.2) is 4.79 Å². The largest absolute Gasteiger partial charge is 0.465 e. The fraction of sp³-hybridized carbons (Fsp3) is 0.0833. The van der Waals surface area contributed by atoms with Crippen LogP contribution in [0.4, 0.5) is 5.69 Å². The Kier molecular flexibility index (Phi) is 4.13. The molecule has 0 aromatic carbocycles. The lowest BCUT2D eigenvalue weighted by Gasteiger charge is -2.05.